The van der Waals surface area contributed by atoms with Crippen LogP contribution in [0.4, 0.5) is 0 Å². The van der Waals surface area contributed by atoms with E-state index >= 15 is 0 Å². The Morgan fingerprint density at radius 3 is 2.71 bits per heavy atom. The Bertz CT molecular complexity index is 1210. The molecule has 1 aliphatic rings. The number of ether oxygens (including phenoxy) is 2. The van der Waals surface area contributed by atoms with Crippen LogP contribution in [0, 0.1) is 0 Å². The zero-order valence-electron chi connectivity index (χ0n) is 15.3. The van der Waals surface area contributed by atoms with Gasteiger partial charge in [0.25, 0.3) is 0 Å². The average Bonchev–Trinajstić information content (AvgIpc) is 2.73. The minimum atomic E-state index is -0.322. The van der Waals surface area contributed by atoms with Gasteiger partial charge in [0.05, 0.1) is 0 Å². The van der Waals surface area contributed by atoms with Crippen LogP contribution in [-0.4, -0.2) is 19.3 Å². The van der Waals surface area contributed by atoms with Gasteiger partial charge in [-0.25, -0.2) is 4.79 Å². The van der Waals surface area contributed by atoms with Crippen LogP contribution in [0.3, 0.4) is 0 Å². The highest BCUT2D eigenvalue weighted by Gasteiger charge is 2.22. The fraction of sp³-hybridized carbons (Fsp3) is 0.174. The molecule has 4 aromatic rings. The molecule has 0 radical (unpaired) electrons. The molecular formula is C23H20NO4+. The van der Waals surface area contributed by atoms with Gasteiger partial charge in [0.2, 0.25) is 0 Å². The fourth-order valence-electron chi connectivity index (χ4n) is 3.79. The molecule has 2 N–H and O–H groups in total. The molecule has 1 aromatic heterocycles. The normalized spacial score (nSPS) is 15.8. The maximum atomic E-state index is 12.0. The van der Waals surface area contributed by atoms with E-state index in [1.807, 2.05) is 48.5 Å². The standard InChI is InChI=1S/C23H19NO4/c25-22-11-16(23-18-6-2-1-5-15(18)9-10-21(23)28-22)12-24-13-17-14-26-19-7-3-4-8-20(19)27-17/h1-11,17,24H,12-14H2/p+1/t17-/m0/s1. The van der Waals surface area contributed by atoms with Gasteiger partial charge in [0, 0.05) is 17.0 Å². The van der Waals surface area contributed by atoms with Crippen molar-refractivity contribution in [3.63, 3.8) is 0 Å². The molecule has 0 fully saturated rings. The summed E-state index contributed by atoms with van der Waals surface area (Å²) in [5, 5.41) is 5.38. The molecule has 0 unspecified atom stereocenters. The summed E-state index contributed by atoms with van der Waals surface area (Å²) >= 11 is 0. The van der Waals surface area contributed by atoms with E-state index in [4.69, 9.17) is 13.9 Å². The molecule has 140 valence electrons. The first kappa shape index (κ1) is 16.8. The minimum Gasteiger partial charge on any atom is -0.486 e. The van der Waals surface area contributed by atoms with Crippen LogP contribution in [0.15, 0.2) is 75.9 Å². The van der Waals surface area contributed by atoms with Crippen molar-refractivity contribution in [2.75, 3.05) is 13.2 Å². The van der Waals surface area contributed by atoms with Crippen molar-refractivity contribution in [1.29, 1.82) is 0 Å². The third-order valence-corrected chi connectivity index (χ3v) is 5.08. The number of para-hydroxylation sites is 2. The number of benzene rings is 3. The molecule has 3 aromatic carbocycles. The maximum absolute atomic E-state index is 12.0. The Hall–Kier alpha value is -3.31. The highest BCUT2D eigenvalue weighted by molar-refractivity contribution is 6.06. The first-order valence-electron chi connectivity index (χ1n) is 9.42. The maximum Gasteiger partial charge on any atom is 0.336 e. The summed E-state index contributed by atoms with van der Waals surface area (Å²) in [5.74, 6) is 1.57. The van der Waals surface area contributed by atoms with Crippen LogP contribution in [0.25, 0.3) is 21.7 Å². The molecule has 0 saturated carbocycles. The summed E-state index contributed by atoms with van der Waals surface area (Å²) in [6.07, 6.45) is -0.0296. The van der Waals surface area contributed by atoms with Crippen molar-refractivity contribution in [3.8, 4) is 11.5 Å². The third-order valence-electron chi connectivity index (χ3n) is 5.08. The van der Waals surface area contributed by atoms with Crippen LogP contribution in [-0.2, 0) is 6.54 Å². The van der Waals surface area contributed by atoms with Crippen LogP contribution in [0.2, 0.25) is 0 Å². The number of rotatable bonds is 4. The second kappa shape index (κ2) is 7.02. The highest BCUT2D eigenvalue weighted by Crippen LogP contribution is 2.30. The monoisotopic (exact) mass is 374 g/mol. The predicted molar refractivity (Wildman–Crippen MR) is 107 cm³/mol. The summed E-state index contributed by atoms with van der Waals surface area (Å²) in [5.41, 5.74) is 1.28. The summed E-state index contributed by atoms with van der Waals surface area (Å²) in [6.45, 7) is 1.92. The van der Waals surface area contributed by atoms with Crippen LogP contribution in [0.1, 0.15) is 5.56 Å². The molecule has 0 spiro atoms. The minimum absolute atomic E-state index is 0.0296. The summed E-state index contributed by atoms with van der Waals surface area (Å²) < 4.78 is 17.2. The lowest BCUT2D eigenvalue weighted by Gasteiger charge is -2.25. The SMILES string of the molecule is O=c1cc(C[NH2+]C[C@H]2COc3ccccc3O2)c2c(ccc3ccccc32)o1. The molecule has 0 aliphatic carbocycles. The van der Waals surface area contributed by atoms with E-state index in [2.05, 4.69) is 17.4 Å². The summed E-state index contributed by atoms with van der Waals surface area (Å²) in [7, 11) is 0. The van der Waals surface area contributed by atoms with E-state index in [-0.39, 0.29) is 11.7 Å². The Labute approximate surface area is 161 Å². The van der Waals surface area contributed by atoms with Crippen molar-refractivity contribution >= 4 is 21.7 Å². The topological polar surface area (TPSA) is 65.3 Å². The van der Waals surface area contributed by atoms with Gasteiger partial charge >= 0.3 is 5.63 Å². The van der Waals surface area contributed by atoms with Crippen LogP contribution in [0.5, 0.6) is 11.5 Å². The number of quaternary nitrogens is 1. The largest absolute Gasteiger partial charge is 0.486 e. The number of fused-ring (bicyclic) bond motifs is 4. The zero-order valence-corrected chi connectivity index (χ0v) is 15.3. The average molecular weight is 374 g/mol. The molecular weight excluding hydrogens is 354 g/mol. The van der Waals surface area contributed by atoms with Gasteiger partial charge in [-0.2, -0.15) is 0 Å². The van der Waals surface area contributed by atoms with Crippen LogP contribution >= 0.6 is 0 Å². The first-order valence-corrected chi connectivity index (χ1v) is 9.42. The van der Waals surface area contributed by atoms with Crippen molar-refractivity contribution in [3.05, 3.63) is 82.7 Å². The van der Waals surface area contributed by atoms with Crippen molar-refractivity contribution in [2.24, 2.45) is 0 Å². The van der Waals surface area contributed by atoms with E-state index in [1.165, 1.54) is 0 Å². The van der Waals surface area contributed by atoms with Gasteiger partial charge in [-0.05, 0) is 29.0 Å². The Kier molecular flexibility index (Phi) is 4.22. The quantitative estimate of drug-likeness (QED) is 0.441. The van der Waals surface area contributed by atoms with E-state index in [1.54, 1.807) is 6.07 Å². The predicted octanol–water partition coefficient (Wildman–Crippen LogP) is 2.85. The molecule has 5 rings (SSSR count). The van der Waals surface area contributed by atoms with Crippen LogP contribution < -0.4 is 20.4 Å². The Balaban J connectivity index is 1.38. The van der Waals surface area contributed by atoms with Crippen molar-refractivity contribution in [1.82, 2.24) is 0 Å². The van der Waals surface area contributed by atoms with Crippen molar-refractivity contribution in [2.45, 2.75) is 12.6 Å². The molecule has 1 aliphatic heterocycles. The lowest BCUT2D eigenvalue weighted by atomic mass is 10.0. The van der Waals surface area contributed by atoms with Gasteiger partial charge in [-0.3, -0.25) is 0 Å². The van der Waals surface area contributed by atoms with E-state index in [0.717, 1.165) is 39.8 Å². The third kappa shape index (κ3) is 3.10. The summed E-state index contributed by atoms with van der Waals surface area (Å²) in [6, 6.07) is 21.3. The lowest BCUT2D eigenvalue weighted by Crippen LogP contribution is -2.85. The van der Waals surface area contributed by atoms with E-state index in [9.17, 15) is 4.79 Å². The fourth-order valence-corrected chi connectivity index (χ4v) is 3.79. The zero-order chi connectivity index (χ0) is 18.9. The number of hydrogen-bond acceptors (Lipinski definition) is 4. The number of nitrogens with two attached hydrogens (primary N) is 1. The molecule has 0 bridgehead atoms. The molecule has 28 heavy (non-hydrogen) atoms. The molecule has 5 nitrogen and oxygen atoms in total. The lowest BCUT2D eigenvalue weighted by molar-refractivity contribution is -0.675. The second-order valence-electron chi connectivity index (χ2n) is 6.98. The van der Waals surface area contributed by atoms with E-state index < -0.39 is 0 Å². The molecule has 0 saturated heterocycles. The second-order valence-corrected chi connectivity index (χ2v) is 6.98. The molecule has 5 heteroatoms. The Morgan fingerprint density at radius 2 is 1.79 bits per heavy atom. The smallest absolute Gasteiger partial charge is 0.336 e. The van der Waals surface area contributed by atoms with Gasteiger partial charge in [0.1, 0.15) is 25.3 Å². The van der Waals surface area contributed by atoms with Gasteiger partial charge in [0.15, 0.2) is 17.6 Å². The van der Waals surface area contributed by atoms with Crippen molar-refractivity contribution < 1.29 is 19.2 Å². The molecule has 2 heterocycles. The van der Waals surface area contributed by atoms with Gasteiger partial charge in [-0.1, -0.05) is 42.5 Å². The highest BCUT2D eigenvalue weighted by atomic mass is 16.6. The van der Waals surface area contributed by atoms with E-state index in [0.29, 0.717) is 18.7 Å². The van der Waals surface area contributed by atoms with Gasteiger partial charge in [-0.15, -0.1) is 0 Å². The molecule has 0 amide bonds. The number of hydrogen-bond donors (Lipinski definition) is 1. The first-order chi connectivity index (χ1) is 13.8. The summed E-state index contributed by atoms with van der Waals surface area (Å²) in [4.78, 5) is 12.0. The van der Waals surface area contributed by atoms with Gasteiger partial charge < -0.3 is 19.2 Å². The Morgan fingerprint density at radius 1 is 0.964 bits per heavy atom. The molecule has 1 atom stereocenters.